The van der Waals surface area contributed by atoms with Crippen LogP contribution in [0.4, 0.5) is 0 Å². The van der Waals surface area contributed by atoms with Crippen molar-refractivity contribution in [2.24, 2.45) is 5.92 Å². The van der Waals surface area contributed by atoms with Gasteiger partial charge in [0.1, 0.15) is 0 Å². The Morgan fingerprint density at radius 1 is 1.55 bits per heavy atom. The summed E-state index contributed by atoms with van der Waals surface area (Å²) >= 11 is 0. The van der Waals surface area contributed by atoms with Crippen molar-refractivity contribution in [1.29, 1.82) is 0 Å². The number of ether oxygens (including phenoxy) is 1. The SMILES string of the molecule is COCCNC(C)c1nnnn1CC1CCS(=O)(=O)C1. The molecule has 0 spiro atoms. The maximum atomic E-state index is 11.5. The molecule has 1 aliphatic heterocycles. The minimum Gasteiger partial charge on any atom is -0.383 e. The second-order valence-corrected chi connectivity index (χ2v) is 7.39. The first kappa shape index (κ1) is 15.3. The Morgan fingerprint density at radius 2 is 2.35 bits per heavy atom. The number of hydrogen-bond acceptors (Lipinski definition) is 7. The standard InChI is InChI=1S/C11H21N5O3S/c1-9(12-4-5-19-2)11-13-14-15-16(11)7-10-3-6-20(17,18)8-10/h9-10,12H,3-8H2,1-2H3. The van der Waals surface area contributed by atoms with Crippen LogP contribution in [0.3, 0.4) is 0 Å². The zero-order chi connectivity index (χ0) is 14.6. The number of nitrogens with one attached hydrogen (secondary N) is 1. The first-order chi connectivity index (χ1) is 9.52. The molecule has 1 aliphatic rings. The maximum absolute atomic E-state index is 11.5. The van der Waals surface area contributed by atoms with Gasteiger partial charge in [-0.05, 0) is 29.7 Å². The summed E-state index contributed by atoms with van der Waals surface area (Å²) in [5.74, 6) is 1.34. The zero-order valence-electron chi connectivity index (χ0n) is 11.8. The lowest BCUT2D eigenvalue weighted by Gasteiger charge is -2.14. The van der Waals surface area contributed by atoms with E-state index in [2.05, 4.69) is 20.8 Å². The fraction of sp³-hybridized carbons (Fsp3) is 0.909. The molecule has 0 radical (unpaired) electrons. The molecule has 2 rings (SSSR count). The van der Waals surface area contributed by atoms with E-state index in [1.54, 1.807) is 11.8 Å². The maximum Gasteiger partial charge on any atom is 0.167 e. The molecule has 20 heavy (non-hydrogen) atoms. The van der Waals surface area contributed by atoms with Crippen LogP contribution >= 0.6 is 0 Å². The number of tetrazole rings is 1. The molecule has 0 bridgehead atoms. The molecule has 1 fully saturated rings. The van der Waals surface area contributed by atoms with Gasteiger partial charge in [0.2, 0.25) is 0 Å². The summed E-state index contributed by atoms with van der Waals surface area (Å²) in [6, 6.07) is -0.00170. The van der Waals surface area contributed by atoms with Crippen LogP contribution < -0.4 is 5.32 Å². The first-order valence-electron chi connectivity index (χ1n) is 6.70. The third-order valence-electron chi connectivity index (χ3n) is 3.46. The van der Waals surface area contributed by atoms with Gasteiger partial charge in [0.05, 0.1) is 24.2 Å². The molecule has 2 atom stereocenters. The van der Waals surface area contributed by atoms with Gasteiger partial charge in [-0.3, -0.25) is 0 Å². The summed E-state index contributed by atoms with van der Waals surface area (Å²) in [5.41, 5.74) is 0. The van der Waals surface area contributed by atoms with Gasteiger partial charge in [-0.2, -0.15) is 0 Å². The van der Waals surface area contributed by atoms with E-state index in [0.717, 1.165) is 5.82 Å². The minimum absolute atomic E-state index is 0.00170. The molecule has 0 aliphatic carbocycles. The van der Waals surface area contributed by atoms with Crippen molar-refractivity contribution in [3.63, 3.8) is 0 Å². The fourth-order valence-corrected chi connectivity index (χ4v) is 4.23. The van der Waals surface area contributed by atoms with Crippen molar-refractivity contribution in [3.8, 4) is 0 Å². The highest BCUT2D eigenvalue weighted by Crippen LogP contribution is 2.21. The average molecular weight is 303 g/mol. The van der Waals surface area contributed by atoms with Crippen molar-refractivity contribution in [1.82, 2.24) is 25.5 Å². The molecule has 0 amide bonds. The van der Waals surface area contributed by atoms with Gasteiger partial charge in [-0.1, -0.05) is 0 Å². The Balaban J connectivity index is 1.94. The number of methoxy groups -OCH3 is 1. The highest BCUT2D eigenvalue weighted by atomic mass is 32.2. The molecule has 2 unspecified atom stereocenters. The van der Waals surface area contributed by atoms with Crippen LogP contribution in [0.1, 0.15) is 25.2 Å². The zero-order valence-corrected chi connectivity index (χ0v) is 12.6. The molecule has 1 aromatic rings. The molecule has 1 N–H and O–H groups in total. The summed E-state index contributed by atoms with van der Waals surface area (Å²) < 4.78 is 29.6. The lowest BCUT2D eigenvalue weighted by molar-refractivity contribution is 0.195. The van der Waals surface area contributed by atoms with E-state index >= 15 is 0 Å². The van der Waals surface area contributed by atoms with E-state index in [0.29, 0.717) is 26.1 Å². The average Bonchev–Trinajstić information content (AvgIpc) is 2.96. The van der Waals surface area contributed by atoms with Crippen LogP contribution in [0, 0.1) is 5.92 Å². The Labute approximate surface area is 118 Å². The van der Waals surface area contributed by atoms with Crippen LogP contribution in [0.15, 0.2) is 0 Å². The number of nitrogens with zero attached hydrogens (tertiary/aromatic N) is 4. The second kappa shape index (κ2) is 6.59. The Hall–Kier alpha value is -1.06. The Morgan fingerprint density at radius 3 is 3.00 bits per heavy atom. The van der Waals surface area contributed by atoms with Crippen molar-refractivity contribution < 1.29 is 13.2 Å². The van der Waals surface area contributed by atoms with Gasteiger partial charge >= 0.3 is 0 Å². The number of sulfone groups is 1. The van der Waals surface area contributed by atoms with E-state index in [1.165, 1.54) is 0 Å². The molecule has 8 nitrogen and oxygen atoms in total. The topological polar surface area (TPSA) is 99.0 Å². The fourth-order valence-electron chi connectivity index (χ4n) is 2.38. The van der Waals surface area contributed by atoms with Gasteiger partial charge in [-0.25, -0.2) is 13.1 Å². The largest absolute Gasteiger partial charge is 0.383 e. The monoisotopic (exact) mass is 303 g/mol. The summed E-state index contributed by atoms with van der Waals surface area (Å²) in [5, 5.41) is 14.9. The molecule has 0 saturated carbocycles. The lowest BCUT2D eigenvalue weighted by atomic mass is 10.1. The van der Waals surface area contributed by atoms with Crippen LogP contribution in [-0.4, -0.2) is 60.4 Å². The summed E-state index contributed by atoms with van der Waals surface area (Å²) in [6.45, 7) is 3.86. The number of rotatable bonds is 7. The molecule has 114 valence electrons. The van der Waals surface area contributed by atoms with Crippen molar-refractivity contribution >= 4 is 9.84 Å². The third kappa shape index (κ3) is 3.97. The van der Waals surface area contributed by atoms with Crippen LogP contribution in [0.5, 0.6) is 0 Å². The molecule has 2 heterocycles. The smallest absolute Gasteiger partial charge is 0.167 e. The molecule has 0 aromatic carbocycles. The predicted molar refractivity (Wildman–Crippen MR) is 72.9 cm³/mol. The molecule has 1 aromatic heterocycles. The molecule has 1 saturated heterocycles. The van der Waals surface area contributed by atoms with E-state index in [1.807, 2.05) is 6.92 Å². The lowest BCUT2D eigenvalue weighted by Crippen LogP contribution is -2.27. The van der Waals surface area contributed by atoms with Gasteiger partial charge in [0.25, 0.3) is 0 Å². The second-order valence-electron chi connectivity index (χ2n) is 5.16. The highest BCUT2D eigenvalue weighted by Gasteiger charge is 2.29. The van der Waals surface area contributed by atoms with Crippen LogP contribution in [-0.2, 0) is 21.1 Å². The minimum atomic E-state index is -2.86. The summed E-state index contributed by atoms with van der Waals surface area (Å²) in [6.07, 6.45) is 0.688. The molecular formula is C11H21N5O3S. The normalized spacial score (nSPS) is 23.0. The number of hydrogen-bond donors (Lipinski definition) is 1. The highest BCUT2D eigenvalue weighted by molar-refractivity contribution is 7.91. The molecule has 9 heteroatoms. The van der Waals surface area contributed by atoms with Crippen molar-refractivity contribution in [3.05, 3.63) is 5.82 Å². The summed E-state index contributed by atoms with van der Waals surface area (Å²) in [4.78, 5) is 0. The molecular weight excluding hydrogens is 282 g/mol. The van der Waals surface area contributed by atoms with Crippen LogP contribution in [0.2, 0.25) is 0 Å². The quantitative estimate of drug-likeness (QED) is 0.672. The van der Waals surface area contributed by atoms with Crippen molar-refractivity contribution in [2.75, 3.05) is 31.8 Å². The van der Waals surface area contributed by atoms with E-state index < -0.39 is 9.84 Å². The van der Waals surface area contributed by atoms with Crippen LogP contribution in [0.25, 0.3) is 0 Å². The van der Waals surface area contributed by atoms with E-state index in [4.69, 9.17) is 4.74 Å². The summed E-state index contributed by atoms with van der Waals surface area (Å²) in [7, 11) is -1.21. The van der Waals surface area contributed by atoms with Crippen molar-refractivity contribution in [2.45, 2.75) is 25.9 Å². The van der Waals surface area contributed by atoms with E-state index in [9.17, 15) is 8.42 Å². The van der Waals surface area contributed by atoms with Gasteiger partial charge in [0.15, 0.2) is 15.7 Å². The number of aromatic nitrogens is 4. The Bertz CT molecular complexity index is 530. The Kier molecular flexibility index (Phi) is 5.06. The van der Waals surface area contributed by atoms with Gasteiger partial charge in [-0.15, -0.1) is 5.10 Å². The predicted octanol–water partition coefficient (Wildman–Crippen LogP) is -0.595. The van der Waals surface area contributed by atoms with Gasteiger partial charge < -0.3 is 10.1 Å². The van der Waals surface area contributed by atoms with E-state index in [-0.39, 0.29) is 23.5 Å². The first-order valence-corrected chi connectivity index (χ1v) is 8.53. The third-order valence-corrected chi connectivity index (χ3v) is 5.30. The van der Waals surface area contributed by atoms with Gasteiger partial charge in [0, 0.05) is 20.2 Å².